The molecule has 7 nitrogen and oxygen atoms in total. The van der Waals surface area contributed by atoms with Crippen molar-refractivity contribution in [3.05, 3.63) is 55.9 Å². The minimum Gasteiger partial charge on any atom is -0.268 e. The summed E-state index contributed by atoms with van der Waals surface area (Å²) in [7, 11) is 0. The molecule has 0 spiro atoms. The van der Waals surface area contributed by atoms with E-state index in [0.29, 0.717) is 5.56 Å². The third-order valence-electron chi connectivity index (χ3n) is 5.10. The monoisotopic (exact) mass is 372 g/mol. The molecule has 1 aromatic heterocycles. The number of fused-ring (bicyclic) bond motifs is 1. The first-order valence-corrected chi connectivity index (χ1v) is 9.73. The minimum absolute atomic E-state index is 0.0499. The SMILES string of the molecule is CC1=Nc2c(c(=O)[nH]n2C2CCCCC2)[C@H](c2ccc([N+](=O)[O-])cc2)S1. The standard InChI is InChI=1S/C18H20N4O3S/c1-11-19-17-15(18(23)20-21(17)13-5-3-2-4-6-13)16(26-11)12-7-9-14(10-8-12)22(24)25/h7-10,13,16H,2-6H2,1H3,(H,20,23)/t16-/m0/s1. The van der Waals surface area contributed by atoms with Crippen LogP contribution in [0.1, 0.15) is 61.4 Å². The van der Waals surface area contributed by atoms with Gasteiger partial charge in [-0.05, 0) is 25.3 Å². The Balaban J connectivity index is 1.77. The van der Waals surface area contributed by atoms with E-state index >= 15 is 0 Å². The van der Waals surface area contributed by atoms with Crippen LogP contribution in [0.2, 0.25) is 0 Å². The molecule has 0 bridgehead atoms. The Kier molecular flexibility index (Phi) is 4.44. The van der Waals surface area contributed by atoms with Gasteiger partial charge in [-0.3, -0.25) is 24.7 Å². The molecule has 0 unspecified atom stereocenters. The molecule has 1 atom stereocenters. The summed E-state index contributed by atoms with van der Waals surface area (Å²) in [5.41, 5.74) is 1.47. The highest BCUT2D eigenvalue weighted by molar-refractivity contribution is 8.14. The summed E-state index contributed by atoms with van der Waals surface area (Å²) in [6, 6.07) is 6.73. The van der Waals surface area contributed by atoms with Gasteiger partial charge in [-0.15, -0.1) is 0 Å². The molecule has 1 aliphatic heterocycles. The molecule has 0 saturated heterocycles. The highest BCUT2D eigenvalue weighted by Crippen LogP contribution is 2.45. The van der Waals surface area contributed by atoms with E-state index in [1.165, 1.54) is 43.2 Å². The van der Waals surface area contributed by atoms with E-state index in [2.05, 4.69) is 10.1 Å². The number of benzene rings is 1. The fraction of sp³-hybridized carbons (Fsp3) is 0.444. The zero-order valence-corrected chi connectivity index (χ0v) is 15.3. The van der Waals surface area contributed by atoms with Gasteiger partial charge < -0.3 is 0 Å². The van der Waals surface area contributed by atoms with Gasteiger partial charge >= 0.3 is 0 Å². The highest BCUT2D eigenvalue weighted by Gasteiger charge is 2.32. The lowest BCUT2D eigenvalue weighted by molar-refractivity contribution is -0.384. The number of hydrogen-bond acceptors (Lipinski definition) is 5. The number of aromatic nitrogens is 2. The molecule has 26 heavy (non-hydrogen) atoms. The van der Waals surface area contributed by atoms with Crippen molar-refractivity contribution in [3.63, 3.8) is 0 Å². The molecule has 2 aromatic rings. The lowest BCUT2D eigenvalue weighted by atomic mass is 9.95. The normalized spacial score (nSPS) is 20.5. The Bertz CT molecular complexity index is 923. The smallest absolute Gasteiger partial charge is 0.268 e. The van der Waals surface area contributed by atoms with Gasteiger partial charge in [0.15, 0.2) is 5.82 Å². The predicted molar refractivity (Wildman–Crippen MR) is 102 cm³/mol. The molecule has 1 fully saturated rings. The first-order valence-electron chi connectivity index (χ1n) is 8.85. The number of aliphatic imine (C=N–C) groups is 1. The Morgan fingerprint density at radius 3 is 2.58 bits per heavy atom. The molecule has 0 amide bonds. The molecule has 1 aliphatic carbocycles. The van der Waals surface area contributed by atoms with Crippen LogP contribution in [0.3, 0.4) is 0 Å². The summed E-state index contributed by atoms with van der Waals surface area (Å²) < 4.78 is 1.96. The molecule has 1 N–H and O–H groups in total. The Labute approximate surface area is 154 Å². The third-order valence-corrected chi connectivity index (χ3v) is 6.27. The van der Waals surface area contributed by atoms with Crippen molar-refractivity contribution in [2.45, 2.75) is 50.3 Å². The number of nitro benzene ring substituents is 1. The van der Waals surface area contributed by atoms with Crippen LogP contribution in [0, 0.1) is 10.1 Å². The molecule has 4 rings (SSSR count). The molecular formula is C18H20N4O3S. The Morgan fingerprint density at radius 1 is 1.23 bits per heavy atom. The van der Waals surface area contributed by atoms with Gasteiger partial charge in [-0.1, -0.05) is 43.2 Å². The molecule has 2 heterocycles. The maximum Gasteiger partial charge on any atom is 0.271 e. The number of thioether (sulfide) groups is 1. The fourth-order valence-electron chi connectivity index (χ4n) is 3.82. The van der Waals surface area contributed by atoms with Crippen molar-refractivity contribution in [3.8, 4) is 0 Å². The van der Waals surface area contributed by atoms with E-state index in [1.54, 1.807) is 12.1 Å². The van der Waals surface area contributed by atoms with E-state index in [-0.39, 0.29) is 22.5 Å². The van der Waals surface area contributed by atoms with E-state index < -0.39 is 4.92 Å². The summed E-state index contributed by atoms with van der Waals surface area (Å²) in [4.78, 5) is 27.9. The molecular weight excluding hydrogens is 352 g/mol. The van der Waals surface area contributed by atoms with Crippen LogP contribution in [0.5, 0.6) is 0 Å². The average Bonchev–Trinajstić information content (AvgIpc) is 2.98. The van der Waals surface area contributed by atoms with Crippen molar-refractivity contribution in [2.24, 2.45) is 4.99 Å². The highest BCUT2D eigenvalue weighted by atomic mass is 32.2. The van der Waals surface area contributed by atoms with Gasteiger partial charge in [0.05, 0.1) is 26.8 Å². The second-order valence-corrected chi connectivity index (χ2v) is 8.12. The number of nitrogens with one attached hydrogen (secondary N) is 1. The largest absolute Gasteiger partial charge is 0.271 e. The molecule has 2 aliphatic rings. The lowest BCUT2D eigenvalue weighted by Crippen LogP contribution is -2.16. The quantitative estimate of drug-likeness (QED) is 0.635. The van der Waals surface area contributed by atoms with Crippen LogP contribution in [0.4, 0.5) is 11.5 Å². The minimum atomic E-state index is -0.414. The van der Waals surface area contributed by atoms with Crippen LogP contribution < -0.4 is 5.56 Å². The van der Waals surface area contributed by atoms with Crippen LogP contribution in [0.25, 0.3) is 0 Å². The first-order chi connectivity index (χ1) is 12.5. The zero-order valence-electron chi connectivity index (χ0n) is 14.5. The number of H-pyrrole nitrogens is 1. The van der Waals surface area contributed by atoms with Crippen LogP contribution in [-0.4, -0.2) is 19.7 Å². The Hall–Kier alpha value is -2.35. The van der Waals surface area contributed by atoms with Crippen LogP contribution >= 0.6 is 11.8 Å². The van der Waals surface area contributed by atoms with Crippen molar-refractivity contribution < 1.29 is 4.92 Å². The molecule has 1 aromatic carbocycles. The maximum atomic E-state index is 12.7. The molecule has 1 saturated carbocycles. The van der Waals surface area contributed by atoms with E-state index in [4.69, 9.17) is 0 Å². The number of aromatic amines is 1. The van der Waals surface area contributed by atoms with Crippen LogP contribution in [0.15, 0.2) is 34.1 Å². The molecule has 136 valence electrons. The average molecular weight is 372 g/mol. The zero-order chi connectivity index (χ0) is 18.3. The van der Waals surface area contributed by atoms with Gasteiger partial charge in [-0.2, -0.15) is 0 Å². The number of nitro groups is 1. The van der Waals surface area contributed by atoms with Gasteiger partial charge in [0.2, 0.25) is 0 Å². The van der Waals surface area contributed by atoms with Gasteiger partial charge in [-0.25, -0.2) is 4.99 Å². The van der Waals surface area contributed by atoms with Crippen molar-refractivity contribution >= 4 is 28.3 Å². The van der Waals surface area contributed by atoms with Crippen molar-refractivity contribution in [1.29, 1.82) is 0 Å². The van der Waals surface area contributed by atoms with Crippen molar-refractivity contribution in [2.75, 3.05) is 0 Å². The van der Waals surface area contributed by atoms with Gasteiger partial charge in [0, 0.05) is 12.1 Å². The van der Waals surface area contributed by atoms with Gasteiger partial charge in [0.25, 0.3) is 11.2 Å². The summed E-state index contributed by atoms with van der Waals surface area (Å²) in [5, 5.41) is 14.6. The number of hydrogen-bond donors (Lipinski definition) is 1. The summed E-state index contributed by atoms with van der Waals surface area (Å²) in [5.74, 6) is 0.724. The second kappa shape index (κ2) is 6.75. The summed E-state index contributed by atoms with van der Waals surface area (Å²) in [6.07, 6.45) is 5.70. The third kappa shape index (κ3) is 2.98. The summed E-state index contributed by atoms with van der Waals surface area (Å²) in [6.45, 7) is 1.94. The summed E-state index contributed by atoms with van der Waals surface area (Å²) >= 11 is 1.52. The van der Waals surface area contributed by atoms with Crippen LogP contribution in [-0.2, 0) is 0 Å². The maximum absolute atomic E-state index is 12.7. The van der Waals surface area contributed by atoms with Gasteiger partial charge in [0.1, 0.15) is 0 Å². The Morgan fingerprint density at radius 2 is 1.92 bits per heavy atom. The predicted octanol–water partition coefficient (Wildman–Crippen LogP) is 4.48. The van der Waals surface area contributed by atoms with Crippen molar-refractivity contribution in [1.82, 2.24) is 9.78 Å². The second-order valence-electron chi connectivity index (χ2n) is 6.82. The first kappa shape index (κ1) is 17.1. The number of non-ortho nitro benzene ring substituents is 1. The fourth-order valence-corrected chi connectivity index (χ4v) is 4.92. The van der Waals surface area contributed by atoms with E-state index in [9.17, 15) is 14.9 Å². The van der Waals surface area contributed by atoms with E-state index in [0.717, 1.165) is 29.3 Å². The lowest BCUT2D eigenvalue weighted by Gasteiger charge is -2.26. The molecule has 8 heteroatoms. The topological polar surface area (TPSA) is 93.3 Å². The van der Waals surface area contributed by atoms with E-state index in [1.807, 2.05) is 11.6 Å². The molecule has 0 radical (unpaired) electrons. The number of rotatable bonds is 3. The number of nitrogens with zero attached hydrogens (tertiary/aromatic N) is 3.